The van der Waals surface area contributed by atoms with Crippen LogP contribution in [0.5, 0.6) is 11.5 Å². The molecule has 1 N–H and O–H groups in total. The predicted molar refractivity (Wildman–Crippen MR) is 104 cm³/mol. The van der Waals surface area contributed by atoms with Crippen molar-refractivity contribution >= 4 is 11.8 Å². The van der Waals surface area contributed by atoms with E-state index in [4.69, 9.17) is 9.47 Å². The lowest BCUT2D eigenvalue weighted by Crippen LogP contribution is -2.40. The zero-order chi connectivity index (χ0) is 19.6. The van der Waals surface area contributed by atoms with E-state index in [1.807, 2.05) is 48.5 Å². The van der Waals surface area contributed by atoms with Crippen molar-refractivity contribution in [3.8, 4) is 11.5 Å². The Morgan fingerprint density at radius 1 is 1.00 bits per heavy atom. The number of carbonyl (C=O) groups is 2. The van der Waals surface area contributed by atoms with Crippen LogP contribution in [0.25, 0.3) is 0 Å². The topological polar surface area (TPSA) is 67.9 Å². The molecule has 0 aliphatic heterocycles. The zero-order valence-electron chi connectivity index (χ0n) is 16.0. The Morgan fingerprint density at radius 2 is 1.70 bits per heavy atom. The summed E-state index contributed by atoms with van der Waals surface area (Å²) in [7, 11) is 3.23. The summed E-state index contributed by atoms with van der Waals surface area (Å²) >= 11 is 0. The van der Waals surface area contributed by atoms with Crippen molar-refractivity contribution in [2.24, 2.45) is 0 Å². The molecule has 0 bridgehead atoms. The van der Waals surface area contributed by atoms with Gasteiger partial charge in [0.2, 0.25) is 11.8 Å². The van der Waals surface area contributed by atoms with Gasteiger partial charge in [0.15, 0.2) is 0 Å². The first kappa shape index (κ1) is 20.3. The average molecular weight is 370 g/mol. The number of nitrogens with zero attached hydrogens (tertiary/aromatic N) is 1. The first-order valence-corrected chi connectivity index (χ1v) is 8.80. The summed E-state index contributed by atoms with van der Waals surface area (Å²) < 4.78 is 10.4. The van der Waals surface area contributed by atoms with Gasteiger partial charge in [0.25, 0.3) is 0 Å². The molecule has 2 rings (SSSR count). The van der Waals surface area contributed by atoms with Crippen molar-refractivity contribution in [3.05, 3.63) is 59.7 Å². The molecule has 0 aromatic heterocycles. The molecule has 2 aromatic rings. The van der Waals surface area contributed by atoms with Crippen LogP contribution in [0, 0.1) is 0 Å². The molecule has 0 fully saturated rings. The van der Waals surface area contributed by atoms with E-state index in [0.29, 0.717) is 19.5 Å². The smallest absolute Gasteiger partial charge is 0.239 e. The lowest BCUT2D eigenvalue weighted by atomic mass is 10.1. The van der Waals surface area contributed by atoms with Gasteiger partial charge in [-0.2, -0.15) is 0 Å². The second kappa shape index (κ2) is 10.2. The van der Waals surface area contributed by atoms with Crippen LogP contribution < -0.4 is 14.8 Å². The SMILES string of the molecule is COc1ccc(CNC(=O)CN(CCc2ccccc2OC)C(C)=O)cc1. The third kappa shape index (κ3) is 6.33. The molecule has 2 aromatic carbocycles. The number of hydrogen-bond acceptors (Lipinski definition) is 4. The summed E-state index contributed by atoms with van der Waals surface area (Å²) in [6, 6.07) is 15.1. The third-order valence-electron chi connectivity index (χ3n) is 4.27. The minimum Gasteiger partial charge on any atom is -0.497 e. The molecule has 0 heterocycles. The van der Waals surface area contributed by atoms with Crippen LogP contribution in [0.1, 0.15) is 18.1 Å². The second-order valence-electron chi connectivity index (χ2n) is 6.13. The molecule has 27 heavy (non-hydrogen) atoms. The maximum absolute atomic E-state index is 12.2. The summed E-state index contributed by atoms with van der Waals surface area (Å²) in [5.74, 6) is 1.22. The number of nitrogens with one attached hydrogen (secondary N) is 1. The van der Waals surface area contributed by atoms with Crippen molar-refractivity contribution < 1.29 is 19.1 Å². The van der Waals surface area contributed by atoms with E-state index in [1.54, 1.807) is 14.2 Å². The van der Waals surface area contributed by atoms with Crippen LogP contribution in [0.2, 0.25) is 0 Å². The summed E-state index contributed by atoms with van der Waals surface area (Å²) in [6.07, 6.45) is 0.620. The maximum Gasteiger partial charge on any atom is 0.239 e. The first-order valence-electron chi connectivity index (χ1n) is 8.80. The molecule has 0 saturated heterocycles. The Morgan fingerprint density at radius 3 is 2.33 bits per heavy atom. The number of para-hydroxylation sites is 1. The standard InChI is InChI=1S/C21H26N2O4/c1-16(24)23(13-12-18-6-4-5-7-20(18)27-3)15-21(25)22-14-17-8-10-19(26-2)11-9-17/h4-11H,12-15H2,1-3H3,(H,22,25). The van der Waals surface area contributed by atoms with Gasteiger partial charge >= 0.3 is 0 Å². The van der Waals surface area contributed by atoms with Gasteiger partial charge in [-0.05, 0) is 35.7 Å². The van der Waals surface area contributed by atoms with E-state index >= 15 is 0 Å². The van der Waals surface area contributed by atoms with E-state index in [-0.39, 0.29) is 18.4 Å². The summed E-state index contributed by atoms with van der Waals surface area (Å²) in [6.45, 7) is 2.35. The van der Waals surface area contributed by atoms with Crippen molar-refractivity contribution in [1.29, 1.82) is 0 Å². The van der Waals surface area contributed by atoms with Crippen molar-refractivity contribution in [1.82, 2.24) is 10.2 Å². The molecule has 2 amide bonds. The van der Waals surface area contributed by atoms with Crippen LogP contribution >= 0.6 is 0 Å². The average Bonchev–Trinajstić information content (AvgIpc) is 2.69. The normalized spacial score (nSPS) is 10.2. The fourth-order valence-corrected chi connectivity index (χ4v) is 2.69. The van der Waals surface area contributed by atoms with Gasteiger partial charge in [0, 0.05) is 20.0 Å². The molecule has 0 saturated carbocycles. The van der Waals surface area contributed by atoms with E-state index in [9.17, 15) is 9.59 Å². The molecule has 0 atom stereocenters. The van der Waals surface area contributed by atoms with E-state index < -0.39 is 0 Å². The van der Waals surface area contributed by atoms with Gasteiger partial charge in [0.05, 0.1) is 20.8 Å². The minimum absolute atomic E-state index is 0.0284. The molecule has 0 spiro atoms. The van der Waals surface area contributed by atoms with Crippen LogP contribution in [-0.2, 0) is 22.6 Å². The highest BCUT2D eigenvalue weighted by Gasteiger charge is 2.14. The van der Waals surface area contributed by atoms with Gasteiger partial charge in [-0.1, -0.05) is 30.3 Å². The number of hydrogen-bond donors (Lipinski definition) is 1. The second-order valence-corrected chi connectivity index (χ2v) is 6.13. The molecular formula is C21H26N2O4. The number of carbonyl (C=O) groups excluding carboxylic acids is 2. The van der Waals surface area contributed by atoms with E-state index in [0.717, 1.165) is 22.6 Å². The van der Waals surface area contributed by atoms with Gasteiger partial charge in [-0.25, -0.2) is 0 Å². The van der Waals surface area contributed by atoms with Gasteiger partial charge in [0.1, 0.15) is 11.5 Å². The molecule has 0 aliphatic carbocycles. The van der Waals surface area contributed by atoms with Gasteiger partial charge in [-0.15, -0.1) is 0 Å². The van der Waals surface area contributed by atoms with E-state index in [2.05, 4.69) is 5.32 Å². The summed E-state index contributed by atoms with van der Waals surface area (Å²) in [5.41, 5.74) is 1.97. The largest absolute Gasteiger partial charge is 0.497 e. The quantitative estimate of drug-likeness (QED) is 0.736. The summed E-state index contributed by atoms with van der Waals surface area (Å²) in [4.78, 5) is 25.7. The number of rotatable bonds is 9. The Hall–Kier alpha value is -3.02. The molecule has 6 nitrogen and oxygen atoms in total. The number of amides is 2. The molecule has 0 radical (unpaired) electrons. The van der Waals surface area contributed by atoms with Crippen LogP contribution in [0.3, 0.4) is 0 Å². The zero-order valence-corrected chi connectivity index (χ0v) is 16.0. The lowest BCUT2D eigenvalue weighted by molar-refractivity contribution is -0.134. The van der Waals surface area contributed by atoms with Crippen LogP contribution in [-0.4, -0.2) is 44.0 Å². The fraction of sp³-hybridized carbons (Fsp3) is 0.333. The Kier molecular flexibility index (Phi) is 7.67. The lowest BCUT2D eigenvalue weighted by Gasteiger charge is -2.21. The van der Waals surface area contributed by atoms with Crippen LogP contribution in [0.4, 0.5) is 0 Å². The number of benzene rings is 2. The van der Waals surface area contributed by atoms with Crippen molar-refractivity contribution in [2.45, 2.75) is 19.9 Å². The highest BCUT2D eigenvalue weighted by atomic mass is 16.5. The summed E-state index contributed by atoms with van der Waals surface area (Å²) in [5, 5.41) is 2.84. The van der Waals surface area contributed by atoms with Crippen LogP contribution in [0.15, 0.2) is 48.5 Å². The Bertz CT molecular complexity index is 759. The number of ether oxygens (including phenoxy) is 2. The molecule has 0 unspecified atom stereocenters. The van der Waals surface area contributed by atoms with E-state index in [1.165, 1.54) is 11.8 Å². The fourth-order valence-electron chi connectivity index (χ4n) is 2.69. The van der Waals surface area contributed by atoms with Gasteiger partial charge in [-0.3, -0.25) is 9.59 Å². The Labute approximate surface area is 160 Å². The Balaban J connectivity index is 1.86. The maximum atomic E-state index is 12.2. The third-order valence-corrected chi connectivity index (χ3v) is 4.27. The molecular weight excluding hydrogens is 344 g/mol. The van der Waals surface area contributed by atoms with Crippen molar-refractivity contribution in [2.75, 3.05) is 27.3 Å². The first-order chi connectivity index (χ1) is 13.0. The predicted octanol–water partition coefficient (Wildman–Crippen LogP) is 2.41. The minimum atomic E-state index is -0.193. The molecule has 0 aliphatic rings. The highest BCUT2D eigenvalue weighted by Crippen LogP contribution is 2.18. The van der Waals surface area contributed by atoms with Gasteiger partial charge < -0.3 is 19.7 Å². The molecule has 144 valence electrons. The monoisotopic (exact) mass is 370 g/mol. The molecule has 6 heteroatoms. The highest BCUT2D eigenvalue weighted by molar-refractivity contribution is 5.83. The van der Waals surface area contributed by atoms with Crippen molar-refractivity contribution in [3.63, 3.8) is 0 Å². The number of methoxy groups -OCH3 is 2.